The van der Waals surface area contributed by atoms with Crippen molar-refractivity contribution < 1.29 is 4.52 Å². The normalized spacial score (nSPS) is 12.9. The van der Waals surface area contributed by atoms with Gasteiger partial charge >= 0.3 is 0 Å². The number of hydrogen-bond donors (Lipinski definition) is 2. The summed E-state index contributed by atoms with van der Waals surface area (Å²) >= 11 is 9.20. The number of halogens is 1. The molecule has 10 heteroatoms. The van der Waals surface area contributed by atoms with Gasteiger partial charge in [0.25, 0.3) is 0 Å². The van der Waals surface area contributed by atoms with Gasteiger partial charge in [-0.15, -0.1) is 0 Å². The molecule has 2 unspecified atom stereocenters. The first kappa shape index (κ1) is 18.6. The van der Waals surface area contributed by atoms with Gasteiger partial charge in [-0.25, -0.2) is 9.97 Å². The van der Waals surface area contributed by atoms with Crippen LogP contribution in [0.5, 0.6) is 0 Å². The van der Waals surface area contributed by atoms with Crippen molar-refractivity contribution in [3.63, 3.8) is 0 Å². The fourth-order valence-electron chi connectivity index (χ4n) is 2.11. The number of rotatable bonds is 7. The molecule has 0 amide bonds. The summed E-state index contributed by atoms with van der Waals surface area (Å²) < 4.78 is 6.08. The van der Waals surface area contributed by atoms with Crippen molar-refractivity contribution in [3.05, 3.63) is 34.9 Å². The van der Waals surface area contributed by atoms with E-state index in [-0.39, 0.29) is 14.2 Å². The van der Waals surface area contributed by atoms with Crippen LogP contribution in [-0.4, -0.2) is 21.6 Å². The molecular formula is C15H17ClN5OPS2. The molecule has 2 atom stereocenters. The van der Waals surface area contributed by atoms with E-state index in [2.05, 4.69) is 27.0 Å². The summed E-state index contributed by atoms with van der Waals surface area (Å²) in [5.74, 6) is 0.434. The molecule has 3 N–H and O–H groups in total. The lowest BCUT2D eigenvalue weighted by Gasteiger charge is -2.12. The van der Waals surface area contributed by atoms with Gasteiger partial charge in [0.1, 0.15) is 19.5 Å². The second kappa shape index (κ2) is 8.47. The molecule has 6 nitrogen and oxygen atoms in total. The van der Waals surface area contributed by atoms with Gasteiger partial charge in [-0.2, -0.15) is 4.98 Å². The fraction of sp³-hybridized carbons (Fsp3) is 0.267. The van der Waals surface area contributed by atoms with Crippen LogP contribution in [-0.2, 0) is 4.52 Å². The minimum atomic E-state index is 0.0983. The summed E-state index contributed by atoms with van der Waals surface area (Å²) in [5.41, 5.74) is 7.72. The number of nitrogens with two attached hydrogens (primary N) is 1. The Bertz CT molecular complexity index is 878. The second-order valence-electron chi connectivity index (χ2n) is 5.00. The molecule has 3 rings (SSSR count). The van der Waals surface area contributed by atoms with Crippen LogP contribution in [0.2, 0.25) is 5.02 Å². The average molecular weight is 414 g/mol. The smallest absolute Gasteiger partial charge is 0.192 e. The van der Waals surface area contributed by atoms with Crippen LogP contribution in [0.3, 0.4) is 0 Å². The predicted molar refractivity (Wildman–Crippen MR) is 109 cm³/mol. The van der Waals surface area contributed by atoms with Crippen LogP contribution >= 0.6 is 43.7 Å². The molecule has 0 spiro atoms. The number of benzene rings is 1. The van der Waals surface area contributed by atoms with Gasteiger partial charge in [-0.3, -0.25) is 0 Å². The maximum Gasteiger partial charge on any atom is 0.192 e. The molecule has 0 aliphatic heterocycles. The SMILES string of the molecule is CCOPNc1nc2nc(SC(C)c3ccccc3Cl)nc(N)c2s1. The molecule has 0 saturated heterocycles. The lowest BCUT2D eigenvalue weighted by atomic mass is 10.2. The molecule has 2 aromatic heterocycles. The van der Waals surface area contributed by atoms with E-state index in [9.17, 15) is 0 Å². The Morgan fingerprint density at radius 1 is 1.36 bits per heavy atom. The van der Waals surface area contributed by atoms with Crippen LogP contribution in [0.15, 0.2) is 29.4 Å². The molecule has 1 aromatic carbocycles. The molecule has 0 radical (unpaired) electrons. The molecule has 0 fully saturated rings. The maximum atomic E-state index is 6.27. The summed E-state index contributed by atoms with van der Waals surface area (Å²) in [4.78, 5) is 13.4. The van der Waals surface area contributed by atoms with Crippen LogP contribution in [0.1, 0.15) is 24.7 Å². The summed E-state index contributed by atoms with van der Waals surface area (Å²) in [7, 11) is 0.153. The molecule has 0 saturated carbocycles. The second-order valence-corrected chi connectivity index (χ2v) is 8.46. The van der Waals surface area contributed by atoms with Crippen LogP contribution in [0.25, 0.3) is 10.3 Å². The van der Waals surface area contributed by atoms with Gasteiger partial charge in [0.2, 0.25) is 0 Å². The number of nitrogens with zero attached hydrogens (tertiary/aromatic N) is 3. The Balaban J connectivity index is 1.81. The minimum Gasteiger partial charge on any atom is -0.382 e. The minimum absolute atomic E-state index is 0.0983. The lowest BCUT2D eigenvalue weighted by Crippen LogP contribution is -1.97. The molecule has 0 bridgehead atoms. The Morgan fingerprint density at radius 3 is 2.92 bits per heavy atom. The molecule has 0 aliphatic rings. The quantitative estimate of drug-likeness (QED) is 0.240. The van der Waals surface area contributed by atoms with Gasteiger partial charge in [-0.05, 0) is 25.5 Å². The highest BCUT2D eigenvalue weighted by molar-refractivity contribution is 7.99. The van der Waals surface area contributed by atoms with Crippen molar-refractivity contribution in [2.75, 3.05) is 17.4 Å². The topological polar surface area (TPSA) is 86.0 Å². The van der Waals surface area contributed by atoms with Gasteiger partial charge in [0.15, 0.2) is 15.9 Å². The first-order valence-corrected chi connectivity index (χ1v) is 10.5. The predicted octanol–water partition coefficient (Wildman–Crippen LogP) is 5.13. The first-order chi connectivity index (χ1) is 12.1. The summed E-state index contributed by atoms with van der Waals surface area (Å²) in [6.45, 7) is 4.66. The Kier molecular flexibility index (Phi) is 6.30. The van der Waals surface area contributed by atoms with E-state index in [0.29, 0.717) is 23.2 Å². The van der Waals surface area contributed by atoms with Crippen LogP contribution in [0, 0.1) is 0 Å². The number of aromatic nitrogens is 3. The number of anilines is 2. The third kappa shape index (κ3) is 4.51. The van der Waals surface area contributed by atoms with Crippen molar-refractivity contribution in [3.8, 4) is 0 Å². The number of nitrogens with one attached hydrogen (secondary N) is 1. The van der Waals surface area contributed by atoms with Crippen LogP contribution in [0.4, 0.5) is 10.9 Å². The zero-order valence-electron chi connectivity index (χ0n) is 13.6. The Labute approximate surface area is 160 Å². The first-order valence-electron chi connectivity index (χ1n) is 7.56. The van der Waals surface area contributed by atoms with E-state index in [1.54, 1.807) is 0 Å². The molecule has 0 aliphatic carbocycles. The average Bonchev–Trinajstić information content (AvgIpc) is 2.99. The molecule has 2 heterocycles. The summed E-state index contributed by atoms with van der Waals surface area (Å²) in [5, 5.41) is 5.26. The highest BCUT2D eigenvalue weighted by Gasteiger charge is 2.16. The molecular weight excluding hydrogens is 397 g/mol. The summed E-state index contributed by atoms with van der Waals surface area (Å²) in [6.07, 6.45) is 0. The molecule has 3 aromatic rings. The van der Waals surface area contributed by atoms with E-state index in [0.717, 1.165) is 20.4 Å². The van der Waals surface area contributed by atoms with E-state index in [1.807, 2.05) is 31.2 Å². The van der Waals surface area contributed by atoms with Crippen molar-refractivity contribution >= 4 is 65.0 Å². The highest BCUT2D eigenvalue weighted by Crippen LogP contribution is 2.38. The Hall–Kier alpha value is -1.18. The van der Waals surface area contributed by atoms with Gasteiger partial charge < -0.3 is 15.3 Å². The van der Waals surface area contributed by atoms with Crippen molar-refractivity contribution in [1.82, 2.24) is 15.0 Å². The Morgan fingerprint density at radius 2 is 2.16 bits per heavy atom. The monoisotopic (exact) mass is 413 g/mol. The highest BCUT2D eigenvalue weighted by atomic mass is 35.5. The zero-order chi connectivity index (χ0) is 17.8. The number of thioether (sulfide) groups is 1. The van der Waals surface area contributed by atoms with Crippen LogP contribution < -0.4 is 10.8 Å². The van der Waals surface area contributed by atoms with Gasteiger partial charge in [0, 0.05) is 16.9 Å². The van der Waals surface area contributed by atoms with Crippen molar-refractivity contribution in [2.45, 2.75) is 24.3 Å². The molecule has 25 heavy (non-hydrogen) atoms. The maximum absolute atomic E-state index is 6.27. The van der Waals surface area contributed by atoms with Crippen molar-refractivity contribution in [2.24, 2.45) is 0 Å². The third-order valence-electron chi connectivity index (χ3n) is 3.26. The number of fused-ring (bicyclic) bond motifs is 1. The van der Waals surface area contributed by atoms with E-state index >= 15 is 0 Å². The van der Waals surface area contributed by atoms with E-state index in [4.69, 9.17) is 21.9 Å². The van der Waals surface area contributed by atoms with Gasteiger partial charge in [-0.1, -0.05) is 52.9 Å². The largest absolute Gasteiger partial charge is 0.382 e. The van der Waals surface area contributed by atoms with Crippen molar-refractivity contribution in [1.29, 1.82) is 0 Å². The summed E-state index contributed by atoms with van der Waals surface area (Å²) in [6, 6.07) is 7.76. The fourth-order valence-corrected chi connectivity index (χ4v) is 4.76. The molecule has 132 valence electrons. The van der Waals surface area contributed by atoms with E-state index in [1.165, 1.54) is 23.1 Å². The van der Waals surface area contributed by atoms with E-state index < -0.39 is 0 Å². The number of hydrogen-bond acceptors (Lipinski definition) is 8. The van der Waals surface area contributed by atoms with Gasteiger partial charge in [0.05, 0.1) is 0 Å². The third-order valence-corrected chi connectivity index (χ3v) is 6.54. The zero-order valence-corrected chi connectivity index (χ0v) is 17.0. The lowest BCUT2D eigenvalue weighted by molar-refractivity contribution is 0.392. The number of nitrogen functional groups attached to an aromatic ring is 1. The standard InChI is InChI=1S/C15H17ClN5OPS2/c1-3-22-23-21-15-20-13-11(25-15)12(17)18-14(19-13)24-8(2)9-6-4-5-7-10(9)16/h4-8,23H,3H2,1-2H3,(H3,17,18,19,20,21). The number of thiazole rings is 1.